The minimum Gasteiger partial charge on any atom is -0.480 e. The van der Waals surface area contributed by atoms with Crippen molar-refractivity contribution < 1.29 is 65.6 Å². The highest BCUT2D eigenvalue weighted by Crippen LogP contribution is 2.21. The predicted octanol–water partition coefficient (Wildman–Crippen LogP) is 6.12. The Balaban J connectivity index is 0.000000811. The maximum atomic E-state index is 13.5. The second kappa shape index (κ2) is 25.0. The third kappa shape index (κ3) is 18.2. The third-order valence-electron chi connectivity index (χ3n) is 9.08. The van der Waals surface area contributed by atoms with E-state index in [-0.39, 0.29) is 36.7 Å². The maximum Gasteiger partial charge on any atom is 0.490 e. The molecule has 0 aliphatic heterocycles. The summed E-state index contributed by atoms with van der Waals surface area (Å²) in [6.07, 6.45) is -3.61. The van der Waals surface area contributed by atoms with Crippen LogP contribution in [0.2, 0.25) is 0 Å². The molecule has 0 saturated heterocycles. The number of hydrogen-bond donors (Lipinski definition) is 5. The van der Waals surface area contributed by atoms with E-state index in [1.165, 1.54) is 11.8 Å². The van der Waals surface area contributed by atoms with Gasteiger partial charge in [0.05, 0.1) is 30.9 Å². The number of carbonyl (C=O) groups is 5. The number of carboxylic acid groups (broad SMARTS) is 3. The Kier molecular flexibility index (Phi) is 20.9. The highest BCUT2D eigenvalue weighted by atomic mass is 32.2. The number of nitriles is 1. The standard InChI is InChI=1S/C37H44N6O4S.2C2HF3O2/c1-4-26(2)34(41-35(44)18-31-20-39-25-43(31)21-28-14-12-27(19-38)13-15-28)23-42(24-36(45)40-33(37(46)47)16-17-48-3)22-30-10-7-9-29-8-5-6-11-32(29)30;2*3-2(4,5)1(6)7/h5-15,20,25-26,33-34H,4,16-18,21-24H2,1-3H3,(H,40,45)(H,41,44)(H,46,47);2*(H,6,7)/t26-,33-,34+;;/m0../s1. The van der Waals surface area contributed by atoms with Gasteiger partial charge in [-0.3, -0.25) is 14.5 Å². The number of nitrogens with zero attached hydrogens (tertiary/aromatic N) is 4. The Labute approximate surface area is 356 Å². The van der Waals surface area contributed by atoms with Crippen LogP contribution >= 0.6 is 11.8 Å². The molecule has 3 aromatic carbocycles. The van der Waals surface area contributed by atoms with Gasteiger partial charge in [-0.1, -0.05) is 74.9 Å². The van der Waals surface area contributed by atoms with Crippen molar-refractivity contribution in [3.8, 4) is 6.07 Å². The molecule has 0 aliphatic rings. The highest BCUT2D eigenvalue weighted by molar-refractivity contribution is 7.98. The minimum atomic E-state index is -5.08. The fourth-order valence-electron chi connectivity index (χ4n) is 5.66. The number of carboxylic acids is 3. The average Bonchev–Trinajstić information content (AvgIpc) is 3.64. The van der Waals surface area contributed by atoms with Crippen LogP contribution in [-0.4, -0.2) is 109 Å². The highest BCUT2D eigenvalue weighted by Gasteiger charge is 2.39. The molecule has 0 unspecified atom stereocenters. The summed E-state index contributed by atoms with van der Waals surface area (Å²) >= 11 is 1.53. The van der Waals surface area contributed by atoms with E-state index in [0.29, 0.717) is 37.4 Å². The summed E-state index contributed by atoms with van der Waals surface area (Å²) in [5.41, 5.74) is 3.38. The van der Waals surface area contributed by atoms with Gasteiger partial charge >= 0.3 is 30.3 Å². The van der Waals surface area contributed by atoms with Crippen molar-refractivity contribution in [1.82, 2.24) is 25.1 Å². The van der Waals surface area contributed by atoms with E-state index in [1.807, 2.05) is 64.3 Å². The molecule has 1 heterocycles. The van der Waals surface area contributed by atoms with Crippen LogP contribution in [0.5, 0.6) is 0 Å². The van der Waals surface area contributed by atoms with Gasteiger partial charge in [0.25, 0.3) is 0 Å². The molecular weight excluding hydrogens is 851 g/mol. The number of benzene rings is 3. The normalized spacial score (nSPS) is 12.7. The number of fused-ring (bicyclic) bond motifs is 1. The molecule has 3 atom stereocenters. The van der Waals surface area contributed by atoms with Crippen molar-refractivity contribution in [3.63, 3.8) is 0 Å². The summed E-state index contributed by atoms with van der Waals surface area (Å²) < 4.78 is 65.4. The van der Waals surface area contributed by atoms with Crippen molar-refractivity contribution >= 4 is 52.3 Å². The van der Waals surface area contributed by atoms with Crippen LogP contribution in [0.4, 0.5) is 26.3 Å². The lowest BCUT2D eigenvalue weighted by molar-refractivity contribution is -0.193. The van der Waals surface area contributed by atoms with Gasteiger partial charge < -0.3 is 30.5 Å². The van der Waals surface area contributed by atoms with Crippen LogP contribution in [0.25, 0.3) is 10.8 Å². The lowest BCUT2D eigenvalue weighted by atomic mass is 9.97. The van der Waals surface area contributed by atoms with Crippen LogP contribution < -0.4 is 10.6 Å². The summed E-state index contributed by atoms with van der Waals surface area (Å²) in [7, 11) is 0. The molecule has 0 fully saturated rings. The van der Waals surface area contributed by atoms with E-state index >= 15 is 0 Å². The number of alkyl halides is 6. The number of rotatable bonds is 18. The number of carbonyl (C=O) groups excluding carboxylic acids is 2. The van der Waals surface area contributed by atoms with E-state index in [2.05, 4.69) is 41.6 Å². The monoisotopic (exact) mass is 896 g/mol. The fraction of sp³-hybridized carbons (Fsp3) is 0.390. The molecule has 336 valence electrons. The fourth-order valence-corrected chi connectivity index (χ4v) is 6.14. The van der Waals surface area contributed by atoms with Crippen molar-refractivity contribution in [1.29, 1.82) is 5.26 Å². The van der Waals surface area contributed by atoms with Crippen LogP contribution in [-0.2, 0) is 43.5 Å². The zero-order valence-electron chi connectivity index (χ0n) is 33.7. The summed E-state index contributed by atoms with van der Waals surface area (Å²) in [5.74, 6) is -6.37. The number of halogens is 6. The minimum absolute atomic E-state index is 0.0214. The first-order valence-electron chi connectivity index (χ1n) is 18.7. The average molecular weight is 897 g/mol. The number of aromatic nitrogens is 2. The Hall–Kier alpha value is -6.14. The molecule has 0 saturated carbocycles. The van der Waals surface area contributed by atoms with E-state index in [9.17, 15) is 45.8 Å². The first kappa shape index (κ1) is 52.0. The molecule has 0 bridgehead atoms. The summed E-state index contributed by atoms with van der Waals surface area (Å²) in [5, 5.41) is 41.2. The van der Waals surface area contributed by atoms with Gasteiger partial charge in [0.1, 0.15) is 6.04 Å². The smallest absolute Gasteiger partial charge is 0.480 e. The van der Waals surface area contributed by atoms with Gasteiger partial charge in [0.2, 0.25) is 11.8 Å². The van der Waals surface area contributed by atoms with Crippen molar-refractivity contribution in [3.05, 3.63) is 102 Å². The van der Waals surface area contributed by atoms with E-state index in [1.54, 1.807) is 24.7 Å². The van der Waals surface area contributed by atoms with Gasteiger partial charge in [0.15, 0.2) is 0 Å². The second-order valence-corrected chi connectivity index (χ2v) is 14.7. The number of nitrogens with one attached hydrogen (secondary N) is 2. The molecule has 4 rings (SSSR count). The molecule has 14 nitrogen and oxygen atoms in total. The Morgan fingerprint density at radius 3 is 2.03 bits per heavy atom. The molecule has 21 heteroatoms. The second-order valence-electron chi connectivity index (χ2n) is 13.7. The summed E-state index contributed by atoms with van der Waals surface area (Å²) in [6.45, 7) is 5.49. The zero-order valence-corrected chi connectivity index (χ0v) is 34.6. The molecule has 0 spiro atoms. The van der Waals surface area contributed by atoms with Crippen molar-refractivity contribution in [2.75, 3.05) is 25.1 Å². The lowest BCUT2D eigenvalue weighted by Crippen LogP contribution is -2.51. The van der Waals surface area contributed by atoms with Crippen molar-refractivity contribution in [2.45, 2.75) is 70.6 Å². The molecule has 1 aromatic heterocycles. The van der Waals surface area contributed by atoms with E-state index < -0.39 is 36.3 Å². The zero-order chi connectivity index (χ0) is 46.6. The van der Waals surface area contributed by atoms with Crippen LogP contribution in [0, 0.1) is 17.2 Å². The molecule has 5 N–H and O–H groups in total. The molecule has 2 amide bonds. The number of aliphatic carboxylic acids is 3. The number of thioether (sulfide) groups is 1. The molecule has 4 aromatic rings. The molecule has 62 heavy (non-hydrogen) atoms. The van der Waals surface area contributed by atoms with Gasteiger partial charge in [-0.2, -0.15) is 43.4 Å². The first-order valence-corrected chi connectivity index (χ1v) is 20.1. The van der Waals surface area contributed by atoms with Gasteiger partial charge in [-0.05, 0) is 58.4 Å². The van der Waals surface area contributed by atoms with Gasteiger partial charge in [-0.25, -0.2) is 19.4 Å². The summed E-state index contributed by atoms with van der Waals surface area (Å²) in [4.78, 5) is 62.8. The van der Waals surface area contributed by atoms with E-state index in [4.69, 9.17) is 25.1 Å². The Bertz CT molecular complexity index is 2110. The lowest BCUT2D eigenvalue weighted by Gasteiger charge is -2.31. The SMILES string of the molecule is CC[C@H](C)[C@@H](CN(CC(=O)N[C@@H](CCSC)C(=O)O)Cc1cccc2ccccc12)NC(=O)Cc1cncn1Cc1ccc(C#N)cc1.O=C(O)C(F)(F)F.O=C(O)C(F)(F)F. The van der Waals surface area contributed by atoms with Crippen molar-refractivity contribution in [2.24, 2.45) is 5.92 Å². The Morgan fingerprint density at radius 1 is 0.887 bits per heavy atom. The van der Waals surface area contributed by atoms with Gasteiger partial charge in [-0.15, -0.1) is 0 Å². The molecule has 0 aliphatic carbocycles. The van der Waals surface area contributed by atoms with Crippen LogP contribution in [0.3, 0.4) is 0 Å². The first-order chi connectivity index (χ1) is 29.1. The number of imidazole rings is 1. The van der Waals surface area contributed by atoms with Crippen LogP contribution in [0.1, 0.15) is 49.1 Å². The number of hydrogen-bond acceptors (Lipinski definition) is 9. The summed E-state index contributed by atoms with van der Waals surface area (Å²) in [6, 6.07) is 22.4. The largest absolute Gasteiger partial charge is 0.490 e. The quantitative estimate of drug-likeness (QED) is 0.0715. The van der Waals surface area contributed by atoms with Gasteiger partial charge in [0, 0.05) is 37.6 Å². The predicted molar refractivity (Wildman–Crippen MR) is 217 cm³/mol. The topological polar surface area (TPSA) is 215 Å². The van der Waals surface area contributed by atoms with Crippen LogP contribution in [0.15, 0.2) is 79.3 Å². The van der Waals surface area contributed by atoms with E-state index in [0.717, 1.165) is 34.0 Å². The molecule has 0 radical (unpaired) electrons. The number of amides is 2. The Morgan fingerprint density at radius 2 is 1.48 bits per heavy atom. The maximum absolute atomic E-state index is 13.5. The third-order valence-corrected chi connectivity index (χ3v) is 9.72. The molecular formula is C41H46F6N6O8S.